The van der Waals surface area contributed by atoms with Gasteiger partial charge < -0.3 is 19.5 Å². The van der Waals surface area contributed by atoms with Crippen molar-refractivity contribution < 1.29 is 37.0 Å². The number of nitrogens with one attached hydrogen (secondary N) is 1. The van der Waals surface area contributed by atoms with Gasteiger partial charge in [-0.05, 0) is 30.3 Å². The Balaban J connectivity index is 2.40. The Kier molecular flexibility index (Phi) is 7.95. The number of hydrogen-bond acceptors (Lipinski definition) is 8. The maximum Gasteiger partial charge on any atom is 0.308 e. The zero-order valence-corrected chi connectivity index (χ0v) is 19.1. The van der Waals surface area contributed by atoms with Gasteiger partial charge in [-0.25, -0.2) is 8.42 Å². The maximum atomic E-state index is 13.0. The van der Waals surface area contributed by atoms with Crippen LogP contribution in [0.25, 0.3) is 0 Å². The molecule has 0 atom stereocenters. The van der Waals surface area contributed by atoms with Crippen LogP contribution in [0.15, 0.2) is 41.3 Å². The first-order valence-electron chi connectivity index (χ1n) is 9.35. The van der Waals surface area contributed by atoms with E-state index in [1.165, 1.54) is 71.3 Å². The molecule has 0 saturated carbocycles. The Morgan fingerprint density at radius 2 is 1.47 bits per heavy atom. The molecule has 2 rings (SSSR count). The van der Waals surface area contributed by atoms with Gasteiger partial charge >= 0.3 is 11.9 Å². The predicted molar refractivity (Wildman–Crippen MR) is 115 cm³/mol. The highest BCUT2D eigenvalue weighted by atomic mass is 32.2. The molecule has 0 aliphatic heterocycles. The van der Waals surface area contributed by atoms with Crippen molar-refractivity contribution in [1.82, 2.24) is 4.31 Å². The third-order valence-electron chi connectivity index (χ3n) is 4.13. The minimum absolute atomic E-state index is 0.00291. The van der Waals surface area contributed by atoms with Crippen LogP contribution in [0, 0.1) is 0 Å². The van der Waals surface area contributed by atoms with E-state index >= 15 is 0 Å². The lowest BCUT2D eigenvalue weighted by molar-refractivity contribution is -0.133. The van der Waals surface area contributed by atoms with Crippen LogP contribution < -0.4 is 19.5 Å². The van der Waals surface area contributed by atoms with Crippen molar-refractivity contribution in [2.45, 2.75) is 32.2 Å². The third-order valence-corrected chi connectivity index (χ3v) is 5.95. The molecule has 10 nitrogen and oxygen atoms in total. The van der Waals surface area contributed by atoms with Gasteiger partial charge in [0, 0.05) is 51.7 Å². The number of carbonyl (C=O) groups is 3. The molecule has 0 heterocycles. The molecular formula is C21H24N2O8S. The van der Waals surface area contributed by atoms with Crippen LogP contribution in [0.2, 0.25) is 0 Å². The molecular weight excluding hydrogens is 440 g/mol. The molecule has 172 valence electrons. The van der Waals surface area contributed by atoms with Gasteiger partial charge in [-0.15, -0.1) is 0 Å². The number of ether oxygens (including phenoxy) is 3. The van der Waals surface area contributed by atoms with Crippen LogP contribution in [0.5, 0.6) is 17.2 Å². The number of anilines is 1. The Labute approximate surface area is 186 Å². The van der Waals surface area contributed by atoms with Gasteiger partial charge in [-0.3, -0.25) is 14.4 Å². The number of methoxy groups -OCH3 is 1. The Hall–Kier alpha value is -3.44. The largest absolute Gasteiger partial charge is 0.493 e. The number of hydrogen-bond donors (Lipinski definition) is 1. The van der Waals surface area contributed by atoms with E-state index in [4.69, 9.17) is 14.2 Å². The number of sulfonamides is 1. The highest BCUT2D eigenvalue weighted by molar-refractivity contribution is 7.89. The predicted octanol–water partition coefficient (Wildman–Crippen LogP) is 2.32. The van der Waals surface area contributed by atoms with Crippen LogP contribution in [0.4, 0.5) is 5.69 Å². The standard InChI is InChI=1S/C21H24N2O8S/c1-13(24)22-17-6-8-18(9-7-17)32(27,28)23(4)12-16-10-21(31-15(3)26)20(29-5)11-19(16)30-14(2)25/h6-11H,12H2,1-5H3,(H,22,24). The van der Waals surface area contributed by atoms with Crippen molar-refractivity contribution >= 4 is 33.6 Å². The van der Waals surface area contributed by atoms with Crippen molar-refractivity contribution in [3.63, 3.8) is 0 Å². The summed E-state index contributed by atoms with van der Waals surface area (Å²) < 4.78 is 42.6. The van der Waals surface area contributed by atoms with E-state index in [-0.39, 0.29) is 40.2 Å². The van der Waals surface area contributed by atoms with Crippen molar-refractivity contribution in [2.75, 3.05) is 19.5 Å². The molecule has 0 saturated heterocycles. The van der Waals surface area contributed by atoms with Crippen molar-refractivity contribution in [3.8, 4) is 17.2 Å². The SMILES string of the molecule is COc1cc(OC(C)=O)c(CN(C)S(=O)(=O)c2ccc(NC(C)=O)cc2)cc1OC(C)=O. The first kappa shape index (κ1) is 24.8. The number of rotatable bonds is 8. The summed E-state index contributed by atoms with van der Waals surface area (Å²) >= 11 is 0. The Morgan fingerprint density at radius 1 is 0.906 bits per heavy atom. The van der Waals surface area contributed by atoms with E-state index in [9.17, 15) is 22.8 Å². The normalized spacial score (nSPS) is 11.1. The minimum Gasteiger partial charge on any atom is -0.493 e. The average molecular weight is 464 g/mol. The summed E-state index contributed by atoms with van der Waals surface area (Å²) in [6, 6.07) is 8.39. The molecule has 2 aromatic rings. The van der Waals surface area contributed by atoms with Crippen LogP contribution in [0.1, 0.15) is 26.3 Å². The van der Waals surface area contributed by atoms with Crippen molar-refractivity contribution in [3.05, 3.63) is 42.0 Å². The highest BCUT2D eigenvalue weighted by Crippen LogP contribution is 2.36. The second-order valence-corrected chi connectivity index (χ2v) is 8.81. The summed E-state index contributed by atoms with van der Waals surface area (Å²) in [6.07, 6.45) is 0. The fraction of sp³-hybridized carbons (Fsp3) is 0.286. The molecule has 2 aromatic carbocycles. The van der Waals surface area contributed by atoms with Gasteiger partial charge in [0.05, 0.1) is 12.0 Å². The average Bonchev–Trinajstić information content (AvgIpc) is 2.68. The molecule has 0 unspecified atom stereocenters. The second kappa shape index (κ2) is 10.2. The number of amides is 1. The van der Waals surface area contributed by atoms with Crippen molar-refractivity contribution in [1.29, 1.82) is 0 Å². The third kappa shape index (κ3) is 6.28. The lowest BCUT2D eigenvalue weighted by Gasteiger charge is -2.20. The molecule has 0 bridgehead atoms. The van der Waals surface area contributed by atoms with Gasteiger partial charge in [0.25, 0.3) is 0 Å². The molecule has 0 radical (unpaired) electrons. The van der Waals surface area contributed by atoms with Gasteiger partial charge in [0.15, 0.2) is 11.5 Å². The molecule has 0 aromatic heterocycles. The summed E-state index contributed by atoms with van der Waals surface area (Å²) in [7, 11) is -1.24. The van der Waals surface area contributed by atoms with Crippen LogP contribution in [-0.4, -0.2) is 44.7 Å². The van der Waals surface area contributed by atoms with E-state index in [0.717, 1.165) is 4.31 Å². The second-order valence-electron chi connectivity index (χ2n) is 6.76. The molecule has 0 spiro atoms. The van der Waals surface area contributed by atoms with Gasteiger partial charge in [0.2, 0.25) is 15.9 Å². The van der Waals surface area contributed by atoms with E-state index in [0.29, 0.717) is 5.69 Å². The topological polar surface area (TPSA) is 128 Å². The van der Waals surface area contributed by atoms with Gasteiger partial charge in [-0.1, -0.05) is 0 Å². The van der Waals surface area contributed by atoms with Gasteiger partial charge in [-0.2, -0.15) is 4.31 Å². The fourth-order valence-corrected chi connectivity index (χ4v) is 3.92. The molecule has 32 heavy (non-hydrogen) atoms. The van der Waals surface area contributed by atoms with Crippen molar-refractivity contribution in [2.24, 2.45) is 0 Å². The number of esters is 2. The van der Waals surface area contributed by atoms with E-state index in [1.807, 2.05) is 0 Å². The first-order valence-corrected chi connectivity index (χ1v) is 10.8. The summed E-state index contributed by atoms with van der Waals surface area (Å²) in [4.78, 5) is 34.1. The number of benzene rings is 2. The van der Waals surface area contributed by atoms with E-state index < -0.39 is 22.0 Å². The first-order chi connectivity index (χ1) is 14.9. The van der Waals surface area contributed by atoms with Gasteiger partial charge in [0.1, 0.15) is 5.75 Å². The van der Waals surface area contributed by atoms with Crippen LogP contribution in [-0.2, 0) is 31.0 Å². The lowest BCUT2D eigenvalue weighted by atomic mass is 10.1. The monoisotopic (exact) mass is 464 g/mol. The summed E-state index contributed by atoms with van der Waals surface area (Å²) in [5.74, 6) is -1.25. The fourth-order valence-electron chi connectivity index (χ4n) is 2.77. The summed E-state index contributed by atoms with van der Waals surface area (Å²) in [5.41, 5.74) is 0.732. The zero-order valence-electron chi connectivity index (χ0n) is 18.3. The minimum atomic E-state index is -3.94. The molecule has 0 aliphatic carbocycles. The maximum absolute atomic E-state index is 13.0. The number of nitrogens with zero attached hydrogens (tertiary/aromatic N) is 1. The smallest absolute Gasteiger partial charge is 0.308 e. The molecule has 0 fully saturated rings. The molecule has 11 heteroatoms. The zero-order chi connectivity index (χ0) is 24.1. The molecule has 1 amide bonds. The Bertz CT molecular complexity index is 1130. The van der Waals surface area contributed by atoms with E-state index in [1.54, 1.807) is 0 Å². The molecule has 0 aliphatic rings. The van der Waals surface area contributed by atoms with E-state index in [2.05, 4.69) is 5.32 Å². The lowest BCUT2D eigenvalue weighted by Crippen LogP contribution is -2.27. The number of carbonyl (C=O) groups excluding carboxylic acids is 3. The van der Waals surface area contributed by atoms with Crippen LogP contribution in [0.3, 0.4) is 0 Å². The Morgan fingerprint density at radius 3 is 1.97 bits per heavy atom. The van der Waals surface area contributed by atoms with Crippen LogP contribution >= 0.6 is 0 Å². The summed E-state index contributed by atoms with van der Waals surface area (Å²) in [5, 5.41) is 2.56. The quantitative estimate of drug-likeness (QED) is 0.466. The molecule has 1 N–H and O–H groups in total. The summed E-state index contributed by atoms with van der Waals surface area (Å²) in [6.45, 7) is 3.56. The highest BCUT2D eigenvalue weighted by Gasteiger charge is 2.24.